The number of para-hydroxylation sites is 1. The first kappa shape index (κ1) is 25.8. The van der Waals surface area contributed by atoms with Crippen LogP contribution < -0.4 is 0 Å². The molecule has 0 aliphatic heterocycles. The van der Waals surface area contributed by atoms with Crippen molar-refractivity contribution in [3.8, 4) is 22.6 Å². The first-order chi connectivity index (χ1) is 20.3. The summed E-state index contributed by atoms with van der Waals surface area (Å²) in [6, 6.07) is 37.7. The molecule has 7 aromatic rings. The number of benzene rings is 6. The van der Waals surface area contributed by atoms with E-state index in [-0.39, 0.29) is 11.2 Å². The first-order valence-corrected chi connectivity index (χ1v) is 14.1. The SMILES string of the molecule is CC(C)(C)c1cc(-c2ccc(F)cc2)c2nc(-c3ccccc3N=Cc3cc4ccccc4c4ccccc34)oc2c1. The van der Waals surface area contributed by atoms with Gasteiger partial charge in [0.15, 0.2) is 5.58 Å². The Balaban J connectivity index is 1.36. The summed E-state index contributed by atoms with van der Waals surface area (Å²) in [5.74, 6) is 0.226. The lowest BCUT2D eigenvalue weighted by molar-refractivity contribution is 0.584. The molecule has 0 fully saturated rings. The van der Waals surface area contributed by atoms with Gasteiger partial charge in [-0.1, -0.05) is 93.6 Å². The normalized spacial score (nSPS) is 12.2. The van der Waals surface area contributed by atoms with E-state index >= 15 is 0 Å². The van der Waals surface area contributed by atoms with E-state index in [0.717, 1.165) is 44.4 Å². The van der Waals surface area contributed by atoms with Crippen LogP contribution in [0.3, 0.4) is 0 Å². The summed E-state index contributed by atoms with van der Waals surface area (Å²) < 4.78 is 20.2. The predicted molar refractivity (Wildman–Crippen MR) is 172 cm³/mol. The summed E-state index contributed by atoms with van der Waals surface area (Å²) in [4.78, 5) is 9.94. The van der Waals surface area contributed by atoms with Crippen molar-refractivity contribution < 1.29 is 8.81 Å². The number of nitrogens with zero attached hydrogens (tertiary/aromatic N) is 2. The minimum absolute atomic E-state index is 0.110. The van der Waals surface area contributed by atoms with Crippen LogP contribution in [0.15, 0.2) is 125 Å². The average Bonchev–Trinajstić information content (AvgIpc) is 3.44. The van der Waals surface area contributed by atoms with Crippen molar-refractivity contribution in [1.29, 1.82) is 0 Å². The third-order valence-electron chi connectivity index (χ3n) is 7.79. The molecule has 0 spiro atoms. The molecule has 1 aromatic heterocycles. The molecule has 7 rings (SSSR count). The van der Waals surface area contributed by atoms with Crippen LogP contribution in [0.2, 0.25) is 0 Å². The van der Waals surface area contributed by atoms with Gasteiger partial charge in [0.1, 0.15) is 11.3 Å². The fourth-order valence-electron chi connectivity index (χ4n) is 5.52. The Morgan fingerprint density at radius 1 is 0.714 bits per heavy atom. The van der Waals surface area contributed by atoms with Gasteiger partial charge in [-0.15, -0.1) is 0 Å². The van der Waals surface area contributed by atoms with Crippen LogP contribution in [0.5, 0.6) is 0 Å². The topological polar surface area (TPSA) is 38.4 Å². The number of halogens is 1. The minimum Gasteiger partial charge on any atom is -0.436 e. The van der Waals surface area contributed by atoms with Crippen LogP contribution in [0.4, 0.5) is 10.1 Å². The average molecular weight is 549 g/mol. The number of hydrogen-bond donors (Lipinski definition) is 0. The van der Waals surface area contributed by atoms with Gasteiger partial charge < -0.3 is 4.42 Å². The Bertz CT molecular complexity index is 2130. The standard InChI is InChI=1S/C38H29FN2O/c1-38(2,3)27-21-33(24-16-18-28(39)19-17-24)36-35(22-27)42-37(41-36)32-14-8-9-15-34(32)40-23-26-20-25-10-4-5-11-29(25)31-13-7-6-12-30(26)31/h4-23H,1-3H3. The number of oxazole rings is 1. The Hall–Kier alpha value is -5.09. The van der Waals surface area contributed by atoms with Gasteiger partial charge in [0, 0.05) is 17.3 Å². The van der Waals surface area contributed by atoms with Crippen LogP contribution in [-0.2, 0) is 5.41 Å². The molecule has 0 saturated carbocycles. The lowest BCUT2D eigenvalue weighted by atomic mass is 9.85. The summed E-state index contributed by atoms with van der Waals surface area (Å²) in [5, 5.41) is 4.75. The van der Waals surface area contributed by atoms with Crippen LogP contribution in [0.1, 0.15) is 31.9 Å². The van der Waals surface area contributed by atoms with E-state index in [0.29, 0.717) is 11.5 Å². The smallest absolute Gasteiger partial charge is 0.229 e. The summed E-state index contributed by atoms with van der Waals surface area (Å²) >= 11 is 0. The Labute approximate surface area is 244 Å². The van der Waals surface area contributed by atoms with E-state index in [1.807, 2.05) is 30.5 Å². The van der Waals surface area contributed by atoms with Crippen molar-refractivity contribution in [2.75, 3.05) is 0 Å². The monoisotopic (exact) mass is 548 g/mol. The zero-order valence-corrected chi connectivity index (χ0v) is 23.7. The van der Waals surface area contributed by atoms with Crippen molar-refractivity contribution in [2.24, 2.45) is 4.99 Å². The van der Waals surface area contributed by atoms with Gasteiger partial charge in [-0.25, -0.2) is 9.37 Å². The molecule has 0 atom stereocenters. The number of aliphatic imine (C=N–C) groups is 1. The van der Waals surface area contributed by atoms with Crippen molar-refractivity contribution in [3.63, 3.8) is 0 Å². The van der Waals surface area contributed by atoms with E-state index < -0.39 is 0 Å². The second-order valence-corrected chi connectivity index (χ2v) is 11.7. The fourth-order valence-corrected chi connectivity index (χ4v) is 5.52. The molecule has 0 radical (unpaired) electrons. The molecule has 4 heteroatoms. The van der Waals surface area contributed by atoms with Crippen molar-refractivity contribution in [3.05, 3.63) is 132 Å². The van der Waals surface area contributed by atoms with Crippen LogP contribution in [-0.4, -0.2) is 11.2 Å². The quantitative estimate of drug-likeness (QED) is 0.162. The third kappa shape index (κ3) is 4.65. The van der Waals surface area contributed by atoms with Gasteiger partial charge in [-0.2, -0.15) is 0 Å². The molecule has 0 aliphatic carbocycles. The molecular formula is C38H29FN2O. The maximum atomic E-state index is 13.8. The highest BCUT2D eigenvalue weighted by molar-refractivity contribution is 6.14. The summed E-state index contributed by atoms with van der Waals surface area (Å²) in [6.07, 6.45) is 1.93. The third-order valence-corrected chi connectivity index (χ3v) is 7.79. The molecule has 0 bridgehead atoms. The zero-order chi connectivity index (χ0) is 28.8. The first-order valence-electron chi connectivity index (χ1n) is 14.1. The van der Waals surface area contributed by atoms with Gasteiger partial charge in [0.2, 0.25) is 5.89 Å². The van der Waals surface area contributed by atoms with Crippen molar-refractivity contribution in [1.82, 2.24) is 4.98 Å². The fraction of sp³-hybridized carbons (Fsp3) is 0.105. The maximum absolute atomic E-state index is 13.8. The second-order valence-electron chi connectivity index (χ2n) is 11.7. The summed E-state index contributed by atoms with van der Waals surface area (Å²) in [7, 11) is 0. The van der Waals surface area contributed by atoms with Gasteiger partial charge in [0.25, 0.3) is 0 Å². The number of hydrogen-bond acceptors (Lipinski definition) is 3. The molecule has 0 aliphatic rings. The number of aromatic nitrogens is 1. The molecule has 0 unspecified atom stereocenters. The van der Waals surface area contributed by atoms with Gasteiger partial charge in [-0.05, 0) is 80.6 Å². The highest BCUT2D eigenvalue weighted by Gasteiger charge is 2.21. The van der Waals surface area contributed by atoms with E-state index in [2.05, 4.69) is 87.5 Å². The van der Waals surface area contributed by atoms with Gasteiger partial charge >= 0.3 is 0 Å². The molecule has 42 heavy (non-hydrogen) atoms. The molecule has 0 N–H and O–H groups in total. The number of fused-ring (bicyclic) bond motifs is 4. The minimum atomic E-state index is -0.270. The van der Waals surface area contributed by atoms with E-state index in [1.165, 1.54) is 28.3 Å². The zero-order valence-electron chi connectivity index (χ0n) is 23.7. The van der Waals surface area contributed by atoms with Crippen LogP contribution >= 0.6 is 0 Å². The lowest BCUT2D eigenvalue weighted by Gasteiger charge is -2.20. The van der Waals surface area contributed by atoms with Crippen molar-refractivity contribution in [2.45, 2.75) is 26.2 Å². The maximum Gasteiger partial charge on any atom is 0.229 e. The van der Waals surface area contributed by atoms with Gasteiger partial charge in [-0.3, -0.25) is 4.99 Å². The van der Waals surface area contributed by atoms with E-state index in [9.17, 15) is 4.39 Å². The summed E-state index contributed by atoms with van der Waals surface area (Å²) in [5.41, 5.74) is 6.85. The number of rotatable bonds is 4. The molecule has 204 valence electrons. The molecule has 1 heterocycles. The highest BCUT2D eigenvalue weighted by Crippen LogP contribution is 2.39. The Kier molecular flexibility index (Phi) is 6.20. The molecular weight excluding hydrogens is 519 g/mol. The lowest BCUT2D eigenvalue weighted by Crippen LogP contribution is -2.11. The molecule has 0 saturated heterocycles. The molecule has 6 aromatic carbocycles. The Morgan fingerprint density at radius 3 is 2.19 bits per heavy atom. The van der Waals surface area contributed by atoms with Crippen LogP contribution in [0, 0.1) is 5.82 Å². The largest absolute Gasteiger partial charge is 0.436 e. The Morgan fingerprint density at radius 2 is 1.40 bits per heavy atom. The molecule has 0 amide bonds. The summed E-state index contributed by atoms with van der Waals surface area (Å²) in [6.45, 7) is 6.50. The molecule has 3 nitrogen and oxygen atoms in total. The highest BCUT2D eigenvalue weighted by atomic mass is 19.1. The van der Waals surface area contributed by atoms with Gasteiger partial charge in [0.05, 0.1) is 11.3 Å². The van der Waals surface area contributed by atoms with E-state index in [4.69, 9.17) is 14.4 Å². The second kappa shape index (κ2) is 10.1. The van der Waals surface area contributed by atoms with E-state index in [1.54, 1.807) is 12.1 Å². The van der Waals surface area contributed by atoms with Crippen LogP contribution in [0.25, 0.3) is 55.2 Å². The predicted octanol–water partition coefficient (Wildman–Crippen LogP) is 10.7. The van der Waals surface area contributed by atoms with Crippen molar-refractivity contribution >= 4 is 44.5 Å².